The molecule has 1 aliphatic rings. The number of nitrogens with zero attached hydrogens (tertiary/aromatic N) is 1. The van der Waals surface area contributed by atoms with Crippen LogP contribution in [0.3, 0.4) is 0 Å². The van der Waals surface area contributed by atoms with Gasteiger partial charge in [0.2, 0.25) is 0 Å². The van der Waals surface area contributed by atoms with Gasteiger partial charge in [0.05, 0.1) is 11.9 Å². The van der Waals surface area contributed by atoms with Crippen LogP contribution in [0.25, 0.3) is 0 Å². The number of hydrogen-bond donors (Lipinski definition) is 2. The highest BCUT2D eigenvalue weighted by Crippen LogP contribution is 2.17. The Morgan fingerprint density at radius 1 is 1.24 bits per heavy atom. The largest absolute Gasteiger partial charge is 0.397 e. The zero-order valence-electron chi connectivity index (χ0n) is 9.98. The first-order chi connectivity index (χ1) is 8.25. The van der Waals surface area contributed by atoms with E-state index in [2.05, 4.69) is 10.3 Å². The Labute approximate surface area is 102 Å². The first-order valence-electron chi connectivity index (χ1n) is 6.28. The Kier molecular flexibility index (Phi) is 3.96. The molecule has 0 aromatic carbocycles. The zero-order chi connectivity index (χ0) is 12.1. The first-order valence-corrected chi connectivity index (χ1v) is 6.28. The summed E-state index contributed by atoms with van der Waals surface area (Å²) in [6.45, 7) is 0. The molecule has 0 spiro atoms. The Hall–Kier alpha value is -1.58. The SMILES string of the molecule is Nc1ccc(C(=O)NC2CCCCCC2)nc1. The van der Waals surface area contributed by atoms with Crippen LogP contribution in [0.1, 0.15) is 49.0 Å². The lowest BCUT2D eigenvalue weighted by Gasteiger charge is -2.15. The van der Waals surface area contributed by atoms with Crippen LogP contribution in [0.2, 0.25) is 0 Å². The van der Waals surface area contributed by atoms with E-state index in [0.29, 0.717) is 17.4 Å². The second-order valence-corrected chi connectivity index (χ2v) is 4.64. The van der Waals surface area contributed by atoms with E-state index in [9.17, 15) is 4.79 Å². The highest BCUT2D eigenvalue weighted by molar-refractivity contribution is 5.92. The van der Waals surface area contributed by atoms with E-state index in [1.165, 1.54) is 31.9 Å². The van der Waals surface area contributed by atoms with Gasteiger partial charge >= 0.3 is 0 Å². The van der Waals surface area contributed by atoms with E-state index < -0.39 is 0 Å². The molecule has 17 heavy (non-hydrogen) atoms. The molecule has 1 aromatic heterocycles. The molecule has 3 N–H and O–H groups in total. The second kappa shape index (κ2) is 5.66. The fourth-order valence-corrected chi connectivity index (χ4v) is 2.22. The van der Waals surface area contributed by atoms with Crippen molar-refractivity contribution in [2.75, 3.05) is 5.73 Å². The standard InChI is InChI=1S/C13H19N3O/c14-10-7-8-12(15-9-10)13(17)16-11-5-3-1-2-4-6-11/h7-9,11H,1-6,14H2,(H,16,17). The number of amides is 1. The first kappa shape index (κ1) is 11.9. The van der Waals surface area contributed by atoms with Crippen molar-refractivity contribution in [3.05, 3.63) is 24.0 Å². The smallest absolute Gasteiger partial charge is 0.270 e. The summed E-state index contributed by atoms with van der Waals surface area (Å²) >= 11 is 0. The van der Waals surface area contributed by atoms with Crippen LogP contribution in [0.5, 0.6) is 0 Å². The van der Waals surface area contributed by atoms with Crippen molar-refractivity contribution in [1.29, 1.82) is 0 Å². The number of pyridine rings is 1. The van der Waals surface area contributed by atoms with Crippen molar-refractivity contribution in [2.24, 2.45) is 0 Å². The van der Waals surface area contributed by atoms with Crippen LogP contribution in [0.15, 0.2) is 18.3 Å². The molecule has 4 nitrogen and oxygen atoms in total. The fourth-order valence-electron chi connectivity index (χ4n) is 2.22. The van der Waals surface area contributed by atoms with Crippen LogP contribution < -0.4 is 11.1 Å². The molecule has 0 unspecified atom stereocenters. The molecule has 0 saturated heterocycles. The van der Waals surface area contributed by atoms with E-state index >= 15 is 0 Å². The van der Waals surface area contributed by atoms with Gasteiger partial charge in [-0.25, -0.2) is 4.98 Å². The van der Waals surface area contributed by atoms with Crippen molar-refractivity contribution in [1.82, 2.24) is 10.3 Å². The van der Waals surface area contributed by atoms with E-state index in [-0.39, 0.29) is 5.91 Å². The van der Waals surface area contributed by atoms with Crippen LogP contribution in [-0.4, -0.2) is 16.9 Å². The van der Waals surface area contributed by atoms with Crippen molar-refractivity contribution >= 4 is 11.6 Å². The molecule has 4 heteroatoms. The van der Waals surface area contributed by atoms with Crippen LogP contribution in [0, 0.1) is 0 Å². The number of carbonyl (C=O) groups is 1. The van der Waals surface area contributed by atoms with Crippen LogP contribution in [-0.2, 0) is 0 Å². The van der Waals surface area contributed by atoms with Gasteiger partial charge in [-0.2, -0.15) is 0 Å². The second-order valence-electron chi connectivity index (χ2n) is 4.64. The summed E-state index contributed by atoms with van der Waals surface area (Å²) in [5.74, 6) is -0.0862. The summed E-state index contributed by atoms with van der Waals surface area (Å²) in [5.41, 5.74) is 6.56. The maximum atomic E-state index is 11.9. The molecule has 92 valence electrons. The Bertz CT molecular complexity index is 367. The lowest BCUT2D eigenvalue weighted by molar-refractivity contribution is 0.0928. The van der Waals surface area contributed by atoms with Gasteiger partial charge in [0.25, 0.3) is 5.91 Å². The van der Waals surface area contributed by atoms with E-state index in [0.717, 1.165) is 12.8 Å². The monoisotopic (exact) mass is 233 g/mol. The summed E-state index contributed by atoms with van der Waals surface area (Å²) < 4.78 is 0. The molecule has 0 atom stereocenters. The Balaban J connectivity index is 1.93. The predicted octanol–water partition coefficient (Wildman–Crippen LogP) is 2.12. The van der Waals surface area contributed by atoms with E-state index in [4.69, 9.17) is 5.73 Å². The van der Waals surface area contributed by atoms with Crippen molar-refractivity contribution < 1.29 is 4.79 Å². The number of nitrogen functional groups attached to an aromatic ring is 1. The summed E-state index contributed by atoms with van der Waals surface area (Å²) in [6, 6.07) is 3.68. The summed E-state index contributed by atoms with van der Waals surface area (Å²) in [6.07, 6.45) is 8.67. The van der Waals surface area contributed by atoms with Gasteiger partial charge in [0.15, 0.2) is 0 Å². The normalized spacial score (nSPS) is 17.4. The average Bonchev–Trinajstić information content (AvgIpc) is 2.58. The maximum Gasteiger partial charge on any atom is 0.270 e. The van der Waals surface area contributed by atoms with Gasteiger partial charge in [-0.05, 0) is 25.0 Å². The molecule has 2 rings (SSSR count). The van der Waals surface area contributed by atoms with E-state index in [1.54, 1.807) is 12.1 Å². The predicted molar refractivity (Wildman–Crippen MR) is 67.6 cm³/mol. The minimum Gasteiger partial charge on any atom is -0.397 e. The van der Waals surface area contributed by atoms with Gasteiger partial charge in [-0.1, -0.05) is 25.7 Å². The topological polar surface area (TPSA) is 68.0 Å². The molecule has 1 heterocycles. The summed E-state index contributed by atoms with van der Waals surface area (Å²) in [7, 11) is 0. The Morgan fingerprint density at radius 2 is 1.94 bits per heavy atom. The third-order valence-corrected chi connectivity index (χ3v) is 3.21. The molecular formula is C13H19N3O. The van der Waals surface area contributed by atoms with Crippen molar-refractivity contribution in [3.8, 4) is 0 Å². The van der Waals surface area contributed by atoms with Gasteiger partial charge < -0.3 is 11.1 Å². The summed E-state index contributed by atoms with van der Waals surface area (Å²) in [5, 5.41) is 3.05. The highest BCUT2D eigenvalue weighted by Gasteiger charge is 2.16. The van der Waals surface area contributed by atoms with Crippen molar-refractivity contribution in [2.45, 2.75) is 44.6 Å². The highest BCUT2D eigenvalue weighted by atomic mass is 16.1. The number of nitrogens with two attached hydrogens (primary N) is 1. The minimum atomic E-state index is -0.0862. The number of rotatable bonds is 2. The average molecular weight is 233 g/mol. The van der Waals surface area contributed by atoms with Gasteiger partial charge in [0.1, 0.15) is 5.69 Å². The molecule has 1 aliphatic carbocycles. The Morgan fingerprint density at radius 3 is 2.53 bits per heavy atom. The van der Waals surface area contributed by atoms with Crippen LogP contribution in [0.4, 0.5) is 5.69 Å². The quantitative estimate of drug-likeness (QED) is 0.769. The molecule has 1 fully saturated rings. The molecule has 1 saturated carbocycles. The minimum absolute atomic E-state index is 0.0862. The lowest BCUT2D eigenvalue weighted by Crippen LogP contribution is -2.34. The molecule has 1 amide bonds. The van der Waals surface area contributed by atoms with E-state index in [1.807, 2.05) is 0 Å². The third kappa shape index (κ3) is 3.44. The fraction of sp³-hybridized carbons (Fsp3) is 0.538. The number of aromatic nitrogens is 1. The molecule has 1 aromatic rings. The zero-order valence-corrected chi connectivity index (χ0v) is 9.98. The molecule has 0 bridgehead atoms. The lowest BCUT2D eigenvalue weighted by atomic mass is 10.1. The summed E-state index contributed by atoms with van der Waals surface area (Å²) in [4.78, 5) is 16.0. The number of carbonyl (C=O) groups excluding carboxylic acids is 1. The molecule has 0 aliphatic heterocycles. The van der Waals surface area contributed by atoms with Crippen LogP contribution >= 0.6 is 0 Å². The number of hydrogen-bond acceptors (Lipinski definition) is 3. The number of nitrogens with one attached hydrogen (secondary N) is 1. The third-order valence-electron chi connectivity index (χ3n) is 3.21. The molecular weight excluding hydrogens is 214 g/mol. The van der Waals surface area contributed by atoms with Crippen molar-refractivity contribution in [3.63, 3.8) is 0 Å². The maximum absolute atomic E-state index is 11.9. The molecule has 0 radical (unpaired) electrons. The van der Waals surface area contributed by atoms with Gasteiger partial charge in [0, 0.05) is 6.04 Å². The van der Waals surface area contributed by atoms with Gasteiger partial charge in [-0.15, -0.1) is 0 Å². The number of anilines is 1. The van der Waals surface area contributed by atoms with Gasteiger partial charge in [-0.3, -0.25) is 4.79 Å².